The second kappa shape index (κ2) is 7.20. The van der Waals surface area contributed by atoms with Gasteiger partial charge in [0, 0.05) is 39.7 Å². The predicted molar refractivity (Wildman–Crippen MR) is 66.5 cm³/mol. The second-order valence-electron chi connectivity index (χ2n) is 4.55. The molecule has 0 bridgehead atoms. The molecule has 0 radical (unpaired) electrons. The van der Waals surface area contributed by atoms with Crippen molar-refractivity contribution in [2.45, 2.75) is 19.8 Å². The van der Waals surface area contributed by atoms with E-state index in [-0.39, 0.29) is 18.4 Å². The van der Waals surface area contributed by atoms with Crippen LogP contribution >= 0.6 is 0 Å². The van der Waals surface area contributed by atoms with Crippen LogP contribution in [0.3, 0.4) is 0 Å². The summed E-state index contributed by atoms with van der Waals surface area (Å²) >= 11 is 0. The van der Waals surface area contributed by atoms with E-state index in [1.54, 1.807) is 16.9 Å². The minimum absolute atomic E-state index is 0.0116. The molecule has 2 amide bonds. The summed E-state index contributed by atoms with van der Waals surface area (Å²) in [5.74, 6) is -0.700. The molecule has 1 atom stereocenters. The fourth-order valence-corrected chi connectivity index (χ4v) is 2.21. The van der Waals surface area contributed by atoms with Gasteiger partial charge in [0.05, 0.1) is 6.61 Å². The molecule has 6 heteroatoms. The number of carbonyl (C=O) groups excluding carboxylic acids is 1. The lowest BCUT2D eigenvalue weighted by Gasteiger charge is -2.26. The third-order valence-electron chi connectivity index (χ3n) is 3.24. The van der Waals surface area contributed by atoms with Gasteiger partial charge in [-0.05, 0) is 19.3 Å². The highest BCUT2D eigenvalue weighted by atomic mass is 16.5. The van der Waals surface area contributed by atoms with Crippen molar-refractivity contribution in [2.75, 3.05) is 39.9 Å². The number of hydrogen-bond acceptors (Lipinski definition) is 3. The molecule has 1 unspecified atom stereocenters. The molecule has 1 N–H and O–H groups in total. The monoisotopic (exact) mass is 258 g/mol. The molecule has 6 nitrogen and oxygen atoms in total. The Morgan fingerprint density at radius 2 is 2.22 bits per heavy atom. The minimum Gasteiger partial charge on any atom is -0.481 e. The van der Waals surface area contributed by atoms with Gasteiger partial charge < -0.3 is 19.6 Å². The summed E-state index contributed by atoms with van der Waals surface area (Å²) in [7, 11) is 1.61. The van der Waals surface area contributed by atoms with Gasteiger partial charge in [-0.25, -0.2) is 4.79 Å². The Kier molecular flexibility index (Phi) is 5.91. The molecule has 1 heterocycles. The van der Waals surface area contributed by atoms with Crippen molar-refractivity contribution >= 4 is 12.0 Å². The third kappa shape index (κ3) is 4.18. The summed E-state index contributed by atoms with van der Waals surface area (Å²) in [5, 5.41) is 8.74. The van der Waals surface area contributed by atoms with Crippen LogP contribution in [-0.4, -0.2) is 66.8 Å². The number of hydrogen-bond donors (Lipinski definition) is 1. The fraction of sp³-hybridized carbons (Fsp3) is 0.833. The minimum atomic E-state index is -0.791. The first-order valence-corrected chi connectivity index (χ1v) is 6.33. The fourth-order valence-electron chi connectivity index (χ4n) is 2.21. The normalized spacial score (nSPS) is 19.0. The van der Waals surface area contributed by atoms with Crippen LogP contribution < -0.4 is 0 Å². The molecule has 1 fully saturated rings. The summed E-state index contributed by atoms with van der Waals surface area (Å²) in [5.41, 5.74) is 0. The van der Waals surface area contributed by atoms with Crippen molar-refractivity contribution in [2.24, 2.45) is 5.92 Å². The number of urea groups is 1. The molecular weight excluding hydrogens is 236 g/mol. The van der Waals surface area contributed by atoms with Gasteiger partial charge in [-0.2, -0.15) is 0 Å². The SMILES string of the molecule is CCN(CCOC)C(=O)N1CCC(CC(=O)O)C1. The zero-order valence-electron chi connectivity index (χ0n) is 11.1. The lowest BCUT2D eigenvalue weighted by molar-refractivity contribution is -0.138. The molecule has 0 aromatic rings. The van der Waals surface area contributed by atoms with Crippen LogP contribution in [0.4, 0.5) is 4.79 Å². The third-order valence-corrected chi connectivity index (χ3v) is 3.24. The molecule has 104 valence electrons. The first-order valence-electron chi connectivity index (χ1n) is 6.33. The lowest BCUT2D eigenvalue weighted by Crippen LogP contribution is -2.43. The van der Waals surface area contributed by atoms with Gasteiger partial charge in [0.25, 0.3) is 0 Å². The quantitative estimate of drug-likeness (QED) is 0.767. The molecule has 0 aliphatic carbocycles. The van der Waals surface area contributed by atoms with Crippen molar-refractivity contribution in [1.82, 2.24) is 9.80 Å². The average Bonchev–Trinajstić information content (AvgIpc) is 2.77. The maximum Gasteiger partial charge on any atom is 0.320 e. The Morgan fingerprint density at radius 3 is 2.78 bits per heavy atom. The molecule has 0 aromatic carbocycles. The molecule has 0 aromatic heterocycles. The Bertz CT molecular complexity index is 296. The van der Waals surface area contributed by atoms with E-state index in [1.807, 2.05) is 6.92 Å². The standard InChI is InChI=1S/C12H22N2O4/c1-3-13(6-7-18-2)12(17)14-5-4-10(9-14)8-11(15)16/h10H,3-9H2,1-2H3,(H,15,16). The maximum atomic E-state index is 12.2. The van der Waals surface area contributed by atoms with Gasteiger partial charge in [0.2, 0.25) is 0 Å². The number of carboxylic acid groups (broad SMARTS) is 1. The van der Waals surface area contributed by atoms with Crippen LogP contribution in [-0.2, 0) is 9.53 Å². The van der Waals surface area contributed by atoms with Crippen molar-refractivity contribution in [3.05, 3.63) is 0 Å². The average molecular weight is 258 g/mol. The van der Waals surface area contributed by atoms with E-state index in [2.05, 4.69) is 0 Å². The molecule has 1 saturated heterocycles. The highest BCUT2D eigenvalue weighted by molar-refractivity contribution is 5.75. The number of methoxy groups -OCH3 is 1. The van der Waals surface area contributed by atoms with Gasteiger partial charge >= 0.3 is 12.0 Å². The van der Waals surface area contributed by atoms with E-state index in [1.165, 1.54) is 0 Å². The van der Waals surface area contributed by atoms with E-state index in [0.717, 1.165) is 6.42 Å². The number of carbonyl (C=O) groups is 2. The topological polar surface area (TPSA) is 70.1 Å². The van der Waals surface area contributed by atoms with Crippen molar-refractivity contribution in [3.8, 4) is 0 Å². The van der Waals surface area contributed by atoms with Crippen LogP contribution in [0, 0.1) is 5.92 Å². The van der Waals surface area contributed by atoms with Crippen molar-refractivity contribution < 1.29 is 19.4 Å². The highest BCUT2D eigenvalue weighted by Gasteiger charge is 2.29. The first kappa shape index (κ1) is 14.8. The maximum absolute atomic E-state index is 12.2. The smallest absolute Gasteiger partial charge is 0.320 e. The number of ether oxygens (including phenoxy) is 1. The van der Waals surface area contributed by atoms with Crippen LogP contribution in [0.1, 0.15) is 19.8 Å². The van der Waals surface area contributed by atoms with E-state index in [9.17, 15) is 9.59 Å². The van der Waals surface area contributed by atoms with Crippen molar-refractivity contribution in [1.29, 1.82) is 0 Å². The Morgan fingerprint density at radius 1 is 1.50 bits per heavy atom. The molecule has 1 aliphatic heterocycles. The number of aliphatic carboxylic acids is 1. The Hall–Kier alpha value is -1.30. The number of amides is 2. The zero-order chi connectivity index (χ0) is 13.5. The zero-order valence-corrected chi connectivity index (χ0v) is 11.1. The number of likely N-dealkylation sites (N-methyl/N-ethyl adjacent to an activating group) is 1. The lowest BCUT2D eigenvalue weighted by atomic mass is 10.1. The van der Waals surface area contributed by atoms with Crippen LogP contribution in [0.5, 0.6) is 0 Å². The van der Waals surface area contributed by atoms with Crippen LogP contribution in [0.2, 0.25) is 0 Å². The van der Waals surface area contributed by atoms with Gasteiger partial charge in [0.1, 0.15) is 0 Å². The van der Waals surface area contributed by atoms with Gasteiger partial charge in [0.15, 0.2) is 0 Å². The molecule has 1 rings (SSSR count). The second-order valence-corrected chi connectivity index (χ2v) is 4.55. The van der Waals surface area contributed by atoms with Gasteiger partial charge in [-0.3, -0.25) is 4.79 Å². The van der Waals surface area contributed by atoms with Gasteiger partial charge in [-0.15, -0.1) is 0 Å². The van der Waals surface area contributed by atoms with E-state index < -0.39 is 5.97 Å². The number of rotatable bonds is 6. The molecule has 0 saturated carbocycles. The number of carboxylic acids is 1. The van der Waals surface area contributed by atoms with E-state index in [4.69, 9.17) is 9.84 Å². The molecule has 18 heavy (non-hydrogen) atoms. The van der Waals surface area contributed by atoms with E-state index >= 15 is 0 Å². The summed E-state index contributed by atoms with van der Waals surface area (Å²) in [6, 6.07) is -0.0116. The largest absolute Gasteiger partial charge is 0.481 e. The first-order chi connectivity index (χ1) is 8.58. The van der Waals surface area contributed by atoms with Crippen LogP contribution in [0.15, 0.2) is 0 Å². The Labute approximate surface area is 107 Å². The van der Waals surface area contributed by atoms with Gasteiger partial charge in [-0.1, -0.05) is 0 Å². The molecule has 1 aliphatic rings. The molecular formula is C12H22N2O4. The highest BCUT2D eigenvalue weighted by Crippen LogP contribution is 2.20. The molecule has 0 spiro atoms. The summed E-state index contributed by atoms with van der Waals surface area (Å²) in [6.07, 6.45) is 0.924. The van der Waals surface area contributed by atoms with E-state index in [0.29, 0.717) is 32.8 Å². The summed E-state index contributed by atoms with van der Waals surface area (Å²) in [6.45, 7) is 4.87. The summed E-state index contributed by atoms with van der Waals surface area (Å²) < 4.78 is 4.97. The van der Waals surface area contributed by atoms with Crippen molar-refractivity contribution in [3.63, 3.8) is 0 Å². The van der Waals surface area contributed by atoms with Crippen LogP contribution in [0.25, 0.3) is 0 Å². The number of likely N-dealkylation sites (tertiary alicyclic amines) is 1. The predicted octanol–water partition coefficient (Wildman–Crippen LogP) is 0.871. The summed E-state index contributed by atoms with van der Waals surface area (Å²) in [4.78, 5) is 26.3. The Balaban J connectivity index is 2.44. The number of nitrogens with zero attached hydrogens (tertiary/aromatic N) is 2.